The molecule has 0 aliphatic rings. The van der Waals surface area contributed by atoms with Gasteiger partial charge < -0.3 is 5.73 Å². The van der Waals surface area contributed by atoms with Gasteiger partial charge in [0.2, 0.25) is 0 Å². The fourth-order valence-electron chi connectivity index (χ4n) is 1.03. The van der Waals surface area contributed by atoms with Gasteiger partial charge in [-0.05, 0) is 23.8 Å². The maximum atomic E-state index is 5.61. The Kier molecular flexibility index (Phi) is 4.86. The van der Waals surface area contributed by atoms with Crippen molar-refractivity contribution in [1.82, 2.24) is 4.98 Å². The van der Waals surface area contributed by atoms with E-state index in [1.807, 2.05) is 24.0 Å². The fraction of sp³-hybridized carbons (Fsp3) is 0.500. The Morgan fingerprint density at radius 2 is 2.38 bits per heavy atom. The summed E-state index contributed by atoms with van der Waals surface area (Å²) in [6.45, 7) is 2.81. The molecule has 1 rings (SSSR count). The number of pyridine rings is 1. The van der Waals surface area contributed by atoms with Crippen LogP contribution in [0.2, 0.25) is 0 Å². The first kappa shape index (κ1) is 10.5. The van der Waals surface area contributed by atoms with Gasteiger partial charge in [-0.25, -0.2) is 0 Å². The minimum Gasteiger partial charge on any atom is -0.326 e. The van der Waals surface area contributed by atoms with Crippen molar-refractivity contribution in [3.63, 3.8) is 0 Å². The highest BCUT2D eigenvalue weighted by atomic mass is 32.2. The van der Waals surface area contributed by atoms with Gasteiger partial charge in [-0.2, -0.15) is 0 Å². The van der Waals surface area contributed by atoms with Crippen LogP contribution >= 0.6 is 11.8 Å². The molecule has 0 bridgehead atoms. The zero-order valence-electron chi connectivity index (χ0n) is 7.99. The summed E-state index contributed by atoms with van der Waals surface area (Å²) in [5.41, 5.74) is 6.82. The Morgan fingerprint density at radius 3 is 3.08 bits per heavy atom. The van der Waals surface area contributed by atoms with Crippen molar-refractivity contribution in [2.75, 3.05) is 5.75 Å². The van der Waals surface area contributed by atoms with Crippen LogP contribution < -0.4 is 5.73 Å². The number of nitrogens with two attached hydrogens (primary N) is 1. The molecule has 0 aliphatic carbocycles. The van der Waals surface area contributed by atoms with E-state index >= 15 is 0 Å². The van der Waals surface area contributed by atoms with Gasteiger partial charge >= 0.3 is 0 Å². The van der Waals surface area contributed by atoms with Crippen molar-refractivity contribution < 1.29 is 0 Å². The third-order valence-electron chi connectivity index (χ3n) is 1.85. The van der Waals surface area contributed by atoms with Crippen LogP contribution in [-0.2, 0) is 6.54 Å². The Hall–Kier alpha value is -0.540. The minimum atomic E-state index is 0.608. The maximum Gasteiger partial charge on any atom is 0.0407 e. The van der Waals surface area contributed by atoms with Crippen molar-refractivity contribution in [3.8, 4) is 0 Å². The molecule has 2 N–H and O–H groups in total. The predicted octanol–water partition coefficient (Wildman–Crippen LogP) is 2.43. The Balaban J connectivity index is 2.54. The summed E-state index contributed by atoms with van der Waals surface area (Å²) in [7, 11) is 0. The molecule has 0 radical (unpaired) electrons. The van der Waals surface area contributed by atoms with E-state index in [9.17, 15) is 0 Å². The lowest BCUT2D eigenvalue weighted by Gasteiger charge is -2.05. The van der Waals surface area contributed by atoms with Crippen LogP contribution in [-0.4, -0.2) is 10.7 Å². The second kappa shape index (κ2) is 6.00. The summed E-state index contributed by atoms with van der Waals surface area (Å²) in [6, 6.07) is 1.99. The Labute approximate surface area is 83.9 Å². The molecule has 1 aromatic rings. The van der Waals surface area contributed by atoms with Crippen molar-refractivity contribution in [3.05, 3.63) is 24.0 Å². The molecule has 0 aliphatic heterocycles. The molecule has 13 heavy (non-hydrogen) atoms. The van der Waals surface area contributed by atoms with Crippen molar-refractivity contribution >= 4 is 11.8 Å². The van der Waals surface area contributed by atoms with Crippen LogP contribution in [0.25, 0.3) is 0 Å². The molecule has 0 saturated heterocycles. The first-order valence-electron chi connectivity index (χ1n) is 4.64. The van der Waals surface area contributed by atoms with Gasteiger partial charge in [0, 0.05) is 23.8 Å². The van der Waals surface area contributed by atoms with Crippen LogP contribution in [0.15, 0.2) is 23.4 Å². The average molecular weight is 196 g/mol. The molecule has 0 spiro atoms. The van der Waals surface area contributed by atoms with Crippen LogP contribution in [0, 0.1) is 0 Å². The average Bonchev–Trinajstić information content (AvgIpc) is 2.19. The number of hydrogen-bond donors (Lipinski definition) is 1. The zero-order chi connectivity index (χ0) is 9.52. The van der Waals surface area contributed by atoms with E-state index in [0.29, 0.717) is 6.54 Å². The molecule has 0 aromatic carbocycles. The molecule has 0 amide bonds. The fourth-order valence-corrected chi connectivity index (χ4v) is 2.16. The molecular formula is C10H16N2S. The smallest absolute Gasteiger partial charge is 0.0407 e. The molecule has 1 aromatic heterocycles. The lowest BCUT2D eigenvalue weighted by atomic mass is 10.3. The lowest BCUT2D eigenvalue weighted by molar-refractivity contribution is 0.894. The summed E-state index contributed by atoms with van der Waals surface area (Å²) in [6.07, 6.45) is 6.20. The van der Waals surface area contributed by atoms with E-state index in [1.165, 1.54) is 23.3 Å². The lowest BCUT2D eigenvalue weighted by Crippen LogP contribution is -1.98. The van der Waals surface area contributed by atoms with Crippen LogP contribution in [0.5, 0.6) is 0 Å². The van der Waals surface area contributed by atoms with Crippen molar-refractivity contribution in [2.45, 2.75) is 31.2 Å². The summed E-state index contributed by atoms with van der Waals surface area (Å²) >= 11 is 1.85. The van der Waals surface area contributed by atoms with E-state index in [2.05, 4.69) is 11.9 Å². The number of thioether (sulfide) groups is 1. The summed E-state index contributed by atoms with van der Waals surface area (Å²) in [5, 5.41) is 0. The maximum absolute atomic E-state index is 5.61. The highest BCUT2D eigenvalue weighted by Crippen LogP contribution is 2.22. The summed E-state index contributed by atoms with van der Waals surface area (Å²) in [5.74, 6) is 1.16. The van der Waals surface area contributed by atoms with E-state index in [4.69, 9.17) is 5.73 Å². The molecule has 0 unspecified atom stereocenters. The molecule has 0 atom stereocenters. The number of nitrogens with zero attached hydrogens (tertiary/aromatic N) is 1. The second-order valence-electron chi connectivity index (χ2n) is 2.89. The molecule has 1 heterocycles. The topological polar surface area (TPSA) is 38.9 Å². The van der Waals surface area contributed by atoms with Gasteiger partial charge in [0.05, 0.1) is 0 Å². The molecule has 3 heteroatoms. The summed E-state index contributed by atoms with van der Waals surface area (Å²) < 4.78 is 0. The van der Waals surface area contributed by atoms with E-state index in [1.54, 1.807) is 6.20 Å². The Bertz CT molecular complexity index is 250. The predicted molar refractivity (Wildman–Crippen MR) is 57.8 cm³/mol. The molecule has 0 fully saturated rings. The van der Waals surface area contributed by atoms with E-state index < -0.39 is 0 Å². The third-order valence-corrected chi connectivity index (χ3v) is 3.02. The third kappa shape index (κ3) is 3.36. The number of aromatic nitrogens is 1. The van der Waals surface area contributed by atoms with E-state index in [0.717, 1.165) is 5.75 Å². The normalized spacial score (nSPS) is 10.3. The van der Waals surface area contributed by atoms with Crippen LogP contribution in [0.1, 0.15) is 25.3 Å². The van der Waals surface area contributed by atoms with Gasteiger partial charge in [-0.3, -0.25) is 4.98 Å². The van der Waals surface area contributed by atoms with Gasteiger partial charge in [0.25, 0.3) is 0 Å². The largest absolute Gasteiger partial charge is 0.326 e. The Morgan fingerprint density at radius 1 is 1.54 bits per heavy atom. The highest BCUT2D eigenvalue weighted by Gasteiger charge is 1.99. The number of unbranched alkanes of at least 4 members (excludes halogenated alkanes) is 1. The molecule has 0 saturated carbocycles. The monoisotopic (exact) mass is 196 g/mol. The number of rotatable bonds is 5. The standard InChI is InChI=1S/C10H16N2S/c1-2-3-6-13-10-8-12-5-4-9(10)7-11/h4-5,8H,2-3,6-7,11H2,1H3. The van der Waals surface area contributed by atoms with Gasteiger partial charge in [0.1, 0.15) is 0 Å². The highest BCUT2D eigenvalue weighted by molar-refractivity contribution is 7.99. The molecule has 2 nitrogen and oxygen atoms in total. The molecule has 72 valence electrons. The summed E-state index contributed by atoms with van der Waals surface area (Å²) in [4.78, 5) is 5.33. The second-order valence-corrected chi connectivity index (χ2v) is 4.03. The van der Waals surface area contributed by atoms with Crippen LogP contribution in [0.3, 0.4) is 0 Å². The van der Waals surface area contributed by atoms with Crippen molar-refractivity contribution in [2.24, 2.45) is 5.73 Å². The number of hydrogen-bond acceptors (Lipinski definition) is 3. The van der Waals surface area contributed by atoms with Crippen LogP contribution in [0.4, 0.5) is 0 Å². The SMILES string of the molecule is CCCCSc1cnccc1CN. The van der Waals surface area contributed by atoms with Gasteiger partial charge in [-0.1, -0.05) is 13.3 Å². The van der Waals surface area contributed by atoms with Gasteiger partial charge in [0.15, 0.2) is 0 Å². The van der Waals surface area contributed by atoms with Crippen molar-refractivity contribution in [1.29, 1.82) is 0 Å². The quantitative estimate of drug-likeness (QED) is 0.580. The zero-order valence-corrected chi connectivity index (χ0v) is 8.81. The first-order chi connectivity index (χ1) is 6.38. The van der Waals surface area contributed by atoms with E-state index in [-0.39, 0.29) is 0 Å². The first-order valence-corrected chi connectivity index (χ1v) is 5.62. The molecular weight excluding hydrogens is 180 g/mol. The van der Waals surface area contributed by atoms with Gasteiger partial charge in [-0.15, -0.1) is 11.8 Å². The minimum absolute atomic E-state index is 0.608.